The SMILES string of the molecule is c1ccc(CSCCCN(CCCN2CCCC2)c2ccccc2)cc1. The van der Waals surface area contributed by atoms with Crippen LogP contribution in [-0.4, -0.2) is 43.4 Å². The van der Waals surface area contributed by atoms with Crippen LogP contribution in [-0.2, 0) is 5.75 Å². The standard InChI is InChI=1S/C23H32N2S/c1-3-11-22(12-4-1)21-26-20-10-19-25(23-13-5-2-6-14-23)18-9-17-24-15-7-8-16-24/h1-6,11-14H,7-10,15-21H2. The number of benzene rings is 2. The predicted molar refractivity (Wildman–Crippen MR) is 116 cm³/mol. The van der Waals surface area contributed by atoms with Gasteiger partial charge in [0.1, 0.15) is 0 Å². The number of rotatable bonds is 11. The van der Waals surface area contributed by atoms with Gasteiger partial charge in [0.2, 0.25) is 0 Å². The number of nitrogens with zero attached hydrogens (tertiary/aromatic N) is 2. The highest BCUT2D eigenvalue weighted by Gasteiger charge is 2.12. The second kappa shape index (κ2) is 11.3. The Labute approximate surface area is 163 Å². The Morgan fingerprint density at radius 1 is 0.808 bits per heavy atom. The first-order valence-electron chi connectivity index (χ1n) is 10.1. The fraction of sp³-hybridized carbons (Fsp3) is 0.478. The molecule has 0 amide bonds. The van der Waals surface area contributed by atoms with Crippen LogP contribution in [0.1, 0.15) is 31.2 Å². The van der Waals surface area contributed by atoms with Crippen LogP contribution in [0.15, 0.2) is 60.7 Å². The third-order valence-electron chi connectivity index (χ3n) is 5.05. The lowest BCUT2D eigenvalue weighted by Crippen LogP contribution is -2.29. The maximum absolute atomic E-state index is 2.62. The number of hydrogen-bond donors (Lipinski definition) is 0. The molecule has 0 aromatic heterocycles. The minimum absolute atomic E-state index is 1.13. The van der Waals surface area contributed by atoms with E-state index in [9.17, 15) is 0 Å². The van der Waals surface area contributed by atoms with Gasteiger partial charge in [0.05, 0.1) is 0 Å². The summed E-state index contributed by atoms with van der Waals surface area (Å²) in [6, 6.07) is 21.7. The number of thioether (sulfide) groups is 1. The van der Waals surface area contributed by atoms with Crippen LogP contribution in [0.4, 0.5) is 5.69 Å². The van der Waals surface area contributed by atoms with Crippen molar-refractivity contribution in [1.29, 1.82) is 0 Å². The molecule has 3 rings (SSSR count). The Hall–Kier alpha value is -1.45. The number of hydrogen-bond acceptors (Lipinski definition) is 3. The maximum atomic E-state index is 2.62. The molecule has 140 valence electrons. The van der Waals surface area contributed by atoms with Gasteiger partial charge in [-0.1, -0.05) is 48.5 Å². The average Bonchev–Trinajstić information content (AvgIpc) is 3.21. The van der Waals surface area contributed by atoms with E-state index in [0.29, 0.717) is 0 Å². The summed E-state index contributed by atoms with van der Waals surface area (Å²) in [7, 11) is 0. The van der Waals surface area contributed by atoms with Crippen molar-refractivity contribution in [3.05, 3.63) is 66.2 Å². The van der Waals surface area contributed by atoms with Gasteiger partial charge in [-0.05, 0) is 68.8 Å². The topological polar surface area (TPSA) is 6.48 Å². The normalized spacial score (nSPS) is 14.6. The van der Waals surface area contributed by atoms with Crippen molar-refractivity contribution in [2.75, 3.05) is 43.4 Å². The quantitative estimate of drug-likeness (QED) is 0.497. The van der Waals surface area contributed by atoms with E-state index in [2.05, 4.69) is 82.2 Å². The monoisotopic (exact) mass is 368 g/mol. The lowest BCUT2D eigenvalue weighted by molar-refractivity contribution is 0.334. The van der Waals surface area contributed by atoms with Crippen LogP contribution < -0.4 is 4.90 Å². The lowest BCUT2D eigenvalue weighted by Gasteiger charge is -2.26. The van der Waals surface area contributed by atoms with Crippen molar-refractivity contribution in [2.45, 2.75) is 31.4 Å². The van der Waals surface area contributed by atoms with Crippen molar-refractivity contribution in [2.24, 2.45) is 0 Å². The van der Waals surface area contributed by atoms with Crippen molar-refractivity contribution >= 4 is 17.4 Å². The van der Waals surface area contributed by atoms with Gasteiger partial charge in [-0.15, -0.1) is 0 Å². The third-order valence-corrected chi connectivity index (χ3v) is 6.17. The second-order valence-corrected chi connectivity index (χ2v) is 8.22. The van der Waals surface area contributed by atoms with Crippen LogP contribution in [0, 0.1) is 0 Å². The highest BCUT2D eigenvalue weighted by atomic mass is 32.2. The molecule has 3 heteroatoms. The third kappa shape index (κ3) is 6.69. The highest BCUT2D eigenvalue weighted by molar-refractivity contribution is 7.98. The van der Waals surface area contributed by atoms with E-state index in [4.69, 9.17) is 0 Å². The maximum Gasteiger partial charge on any atom is 0.0366 e. The van der Waals surface area contributed by atoms with E-state index in [1.54, 1.807) is 0 Å². The molecule has 0 N–H and O–H groups in total. The van der Waals surface area contributed by atoms with Crippen molar-refractivity contribution in [3.8, 4) is 0 Å². The molecular formula is C23H32N2S. The Morgan fingerprint density at radius 3 is 2.19 bits per heavy atom. The van der Waals surface area contributed by atoms with Gasteiger partial charge >= 0.3 is 0 Å². The van der Waals surface area contributed by atoms with Gasteiger partial charge < -0.3 is 9.80 Å². The Morgan fingerprint density at radius 2 is 1.46 bits per heavy atom. The molecule has 1 heterocycles. The number of para-hydroxylation sites is 1. The van der Waals surface area contributed by atoms with E-state index < -0.39 is 0 Å². The molecule has 0 radical (unpaired) electrons. The molecule has 0 bridgehead atoms. The minimum atomic E-state index is 1.13. The van der Waals surface area contributed by atoms with Gasteiger partial charge in [0, 0.05) is 24.5 Å². The largest absolute Gasteiger partial charge is 0.371 e. The predicted octanol–water partition coefficient (Wildman–Crippen LogP) is 5.30. The smallest absolute Gasteiger partial charge is 0.0366 e. The van der Waals surface area contributed by atoms with Crippen LogP contribution in [0.2, 0.25) is 0 Å². The van der Waals surface area contributed by atoms with E-state index in [-0.39, 0.29) is 0 Å². The molecule has 26 heavy (non-hydrogen) atoms. The zero-order valence-electron chi connectivity index (χ0n) is 15.9. The first kappa shape index (κ1) is 19.3. The van der Waals surface area contributed by atoms with Gasteiger partial charge in [0.25, 0.3) is 0 Å². The summed E-state index contributed by atoms with van der Waals surface area (Å²) in [5, 5.41) is 0. The van der Waals surface area contributed by atoms with Crippen LogP contribution in [0.3, 0.4) is 0 Å². The van der Waals surface area contributed by atoms with Crippen LogP contribution in [0.5, 0.6) is 0 Å². The molecule has 1 aliphatic heterocycles. The van der Waals surface area contributed by atoms with Crippen molar-refractivity contribution in [1.82, 2.24) is 4.90 Å². The zero-order chi connectivity index (χ0) is 17.9. The van der Waals surface area contributed by atoms with Gasteiger partial charge in [-0.25, -0.2) is 0 Å². The average molecular weight is 369 g/mol. The van der Waals surface area contributed by atoms with Crippen molar-refractivity contribution in [3.63, 3.8) is 0 Å². The summed E-state index contributed by atoms with van der Waals surface area (Å²) >= 11 is 2.05. The van der Waals surface area contributed by atoms with Crippen molar-refractivity contribution < 1.29 is 0 Å². The highest BCUT2D eigenvalue weighted by Crippen LogP contribution is 2.17. The molecular weight excluding hydrogens is 336 g/mol. The zero-order valence-corrected chi connectivity index (χ0v) is 16.7. The Kier molecular flexibility index (Phi) is 8.40. The second-order valence-electron chi connectivity index (χ2n) is 7.12. The summed E-state index contributed by atoms with van der Waals surface area (Å²) in [6.07, 6.45) is 5.30. The minimum Gasteiger partial charge on any atom is -0.371 e. The summed E-state index contributed by atoms with van der Waals surface area (Å²) in [5.74, 6) is 2.35. The molecule has 0 aliphatic carbocycles. The number of likely N-dealkylation sites (tertiary alicyclic amines) is 1. The molecule has 2 aromatic carbocycles. The molecule has 0 atom stereocenters. The van der Waals surface area contributed by atoms with Gasteiger partial charge in [-0.3, -0.25) is 0 Å². The van der Waals surface area contributed by atoms with Gasteiger partial charge in [-0.2, -0.15) is 11.8 Å². The van der Waals surface area contributed by atoms with Crippen LogP contribution >= 0.6 is 11.8 Å². The molecule has 1 saturated heterocycles. The van der Waals surface area contributed by atoms with E-state index in [1.807, 2.05) is 0 Å². The van der Waals surface area contributed by atoms with E-state index in [0.717, 1.165) is 12.3 Å². The molecule has 2 nitrogen and oxygen atoms in total. The first-order chi connectivity index (χ1) is 12.9. The Balaban J connectivity index is 1.40. The molecule has 2 aromatic rings. The fourth-order valence-corrected chi connectivity index (χ4v) is 4.53. The Bertz CT molecular complexity index is 596. The molecule has 1 fully saturated rings. The summed E-state index contributed by atoms with van der Waals surface area (Å²) in [5.41, 5.74) is 2.81. The molecule has 1 aliphatic rings. The summed E-state index contributed by atoms with van der Waals surface area (Å²) < 4.78 is 0. The first-order valence-corrected chi connectivity index (χ1v) is 11.2. The van der Waals surface area contributed by atoms with E-state index in [1.165, 1.54) is 68.9 Å². The molecule has 0 saturated carbocycles. The molecule has 0 unspecified atom stereocenters. The summed E-state index contributed by atoms with van der Waals surface area (Å²) in [4.78, 5) is 5.21. The van der Waals surface area contributed by atoms with Gasteiger partial charge in [0.15, 0.2) is 0 Å². The van der Waals surface area contributed by atoms with Crippen LogP contribution in [0.25, 0.3) is 0 Å². The number of anilines is 1. The summed E-state index contributed by atoms with van der Waals surface area (Å²) in [6.45, 7) is 6.20. The lowest BCUT2D eigenvalue weighted by atomic mass is 10.2. The molecule has 0 spiro atoms. The van der Waals surface area contributed by atoms with E-state index >= 15 is 0 Å². The fourth-order valence-electron chi connectivity index (χ4n) is 3.62.